The van der Waals surface area contributed by atoms with Crippen molar-refractivity contribution in [1.29, 1.82) is 0 Å². The normalized spacial score (nSPS) is 9.81. The topological polar surface area (TPSA) is 21.3 Å². The van der Waals surface area contributed by atoms with Crippen LogP contribution < -0.4 is 5.32 Å². The Balaban J connectivity index is 2.09. The Labute approximate surface area is 103 Å². The predicted molar refractivity (Wildman–Crippen MR) is 71.6 cm³/mol. The third-order valence-electron chi connectivity index (χ3n) is 2.26. The summed E-state index contributed by atoms with van der Waals surface area (Å²) < 4.78 is 5.34. The molecule has 1 rings (SSSR count). The van der Waals surface area contributed by atoms with Gasteiger partial charge in [0.25, 0.3) is 5.17 Å². The number of nitrogens with one attached hydrogen (secondary N) is 1. The van der Waals surface area contributed by atoms with Crippen LogP contribution in [0.4, 0.5) is 0 Å². The van der Waals surface area contributed by atoms with Gasteiger partial charge in [-0.1, -0.05) is 43.7 Å². The molecule has 0 unspecified atom stereocenters. The van der Waals surface area contributed by atoms with Gasteiger partial charge in [-0.2, -0.15) is 0 Å². The Kier molecular flexibility index (Phi) is 6.58. The zero-order valence-electron chi connectivity index (χ0n) is 9.74. The van der Waals surface area contributed by atoms with Crippen molar-refractivity contribution in [3.8, 4) is 0 Å². The highest BCUT2D eigenvalue weighted by atomic mass is 32.1. The van der Waals surface area contributed by atoms with E-state index in [4.69, 9.17) is 17.0 Å². The van der Waals surface area contributed by atoms with Gasteiger partial charge in [0.05, 0.1) is 6.61 Å². The van der Waals surface area contributed by atoms with E-state index in [0.717, 1.165) is 25.8 Å². The Hall–Kier alpha value is -1.09. The lowest BCUT2D eigenvalue weighted by molar-refractivity contribution is 0.291. The van der Waals surface area contributed by atoms with Gasteiger partial charge in [0.15, 0.2) is 0 Å². The molecule has 0 saturated carbocycles. The van der Waals surface area contributed by atoms with Crippen LogP contribution in [0, 0.1) is 0 Å². The van der Waals surface area contributed by atoms with E-state index in [0.29, 0.717) is 11.8 Å². The summed E-state index contributed by atoms with van der Waals surface area (Å²) in [4.78, 5) is 0. The first-order valence-corrected chi connectivity index (χ1v) is 6.18. The highest BCUT2D eigenvalue weighted by Crippen LogP contribution is 1.98. The highest BCUT2D eigenvalue weighted by Gasteiger charge is 1.96. The summed E-state index contributed by atoms with van der Waals surface area (Å²) in [7, 11) is 0. The molecule has 0 aliphatic heterocycles. The van der Waals surface area contributed by atoms with Crippen LogP contribution in [-0.4, -0.2) is 18.3 Å². The first-order chi connectivity index (χ1) is 7.83. The maximum absolute atomic E-state index is 5.34. The van der Waals surface area contributed by atoms with E-state index in [9.17, 15) is 0 Å². The molecule has 0 radical (unpaired) electrons. The lowest BCUT2D eigenvalue weighted by Crippen LogP contribution is -2.26. The van der Waals surface area contributed by atoms with Crippen molar-refractivity contribution in [2.45, 2.75) is 26.2 Å². The van der Waals surface area contributed by atoms with Gasteiger partial charge in [-0.15, -0.1) is 0 Å². The molecule has 0 heterocycles. The van der Waals surface area contributed by atoms with Gasteiger partial charge in [0.2, 0.25) is 0 Å². The van der Waals surface area contributed by atoms with Crippen molar-refractivity contribution < 1.29 is 4.74 Å². The summed E-state index contributed by atoms with van der Waals surface area (Å²) in [5, 5.41) is 3.62. The van der Waals surface area contributed by atoms with Crippen LogP contribution in [0.15, 0.2) is 30.3 Å². The zero-order valence-corrected chi connectivity index (χ0v) is 10.6. The number of benzene rings is 1. The molecule has 1 N–H and O–H groups in total. The molecule has 16 heavy (non-hydrogen) atoms. The monoisotopic (exact) mass is 237 g/mol. The number of ether oxygens (including phenoxy) is 1. The van der Waals surface area contributed by atoms with Crippen LogP contribution in [0.5, 0.6) is 0 Å². The molecule has 0 amide bonds. The fourth-order valence-corrected chi connectivity index (χ4v) is 1.50. The summed E-state index contributed by atoms with van der Waals surface area (Å²) in [6.07, 6.45) is 3.16. The first kappa shape index (κ1) is 13.0. The minimum absolute atomic E-state index is 0.518. The van der Waals surface area contributed by atoms with Crippen molar-refractivity contribution in [3.05, 3.63) is 35.9 Å². The quantitative estimate of drug-likeness (QED) is 0.607. The van der Waals surface area contributed by atoms with E-state index in [1.54, 1.807) is 0 Å². The molecular weight excluding hydrogens is 218 g/mol. The summed E-state index contributed by atoms with van der Waals surface area (Å²) in [6, 6.07) is 10.3. The fourth-order valence-electron chi connectivity index (χ4n) is 1.31. The van der Waals surface area contributed by atoms with Gasteiger partial charge in [-0.3, -0.25) is 0 Å². The second-order valence-corrected chi connectivity index (χ2v) is 4.02. The summed E-state index contributed by atoms with van der Waals surface area (Å²) >= 11 is 5.05. The number of hydrogen-bond acceptors (Lipinski definition) is 2. The van der Waals surface area contributed by atoms with Crippen molar-refractivity contribution in [1.82, 2.24) is 5.32 Å². The highest BCUT2D eigenvalue weighted by molar-refractivity contribution is 7.80. The van der Waals surface area contributed by atoms with Crippen molar-refractivity contribution in [2.24, 2.45) is 0 Å². The molecule has 0 aromatic heterocycles. The number of unbranched alkanes of at least 4 members (excludes halogenated alkanes) is 1. The molecule has 88 valence electrons. The average Bonchev–Trinajstić information content (AvgIpc) is 2.31. The van der Waals surface area contributed by atoms with Crippen LogP contribution in [0.25, 0.3) is 0 Å². The van der Waals surface area contributed by atoms with Gasteiger partial charge in [-0.25, -0.2) is 0 Å². The van der Waals surface area contributed by atoms with E-state index in [2.05, 4.69) is 24.4 Å². The fraction of sp³-hybridized carbons (Fsp3) is 0.462. The Bertz CT molecular complexity index is 300. The van der Waals surface area contributed by atoms with Crippen molar-refractivity contribution in [2.75, 3.05) is 13.2 Å². The van der Waals surface area contributed by atoms with Gasteiger partial charge >= 0.3 is 0 Å². The molecule has 0 aliphatic carbocycles. The standard InChI is InChI=1S/C13H19NOS/c1-2-3-11-15-13(16)14-10-9-12-7-5-4-6-8-12/h4-8H,2-3,9-11H2,1H3,(H,14,16). The molecule has 2 nitrogen and oxygen atoms in total. The van der Waals surface area contributed by atoms with E-state index in [1.807, 2.05) is 18.2 Å². The smallest absolute Gasteiger partial charge is 0.256 e. The summed E-state index contributed by atoms with van der Waals surface area (Å²) in [5.41, 5.74) is 1.31. The van der Waals surface area contributed by atoms with Crippen LogP contribution >= 0.6 is 12.2 Å². The SMILES string of the molecule is CCCCOC(=S)NCCc1ccccc1. The van der Waals surface area contributed by atoms with Gasteiger partial charge in [0.1, 0.15) is 0 Å². The molecule has 0 atom stereocenters. The van der Waals surface area contributed by atoms with E-state index in [-0.39, 0.29) is 0 Å². The van der Waals surface area contributed by atoms with Crippen LogP contribution in [-0.2, 0) is 11.2 Å². The van der Waals surface area contributed by atoms with Gasteiger partial charge in [0, 0.05) is 6.54 Å². The minimum Gasteiger partial charge on any atom is -0.471 e. The predicted octanol–water partition coefficient (Wildman–Crippen LogP) is 2.92. The zero-order chi connectivity index (χ0) is 11.6. The largest absolute Gasteiger partial charge is 0.471 e. The Morgan fingerprint density at radius 1 is 1.31 bits per heavy atom. The Morgan fingerprint density at radius 2 is 2.06 bits per heavy atom. The van der Waals surface area contributed by atoms with Crippen LogP contribution in [0.1, 0.15) is 25.3 Å². The maximum Gasteiger partial charge on any atom is 0.256 e. The van der Waals surface area contributed by atoms with Gasteiger partial charge < -0.3 is 10.1 Å². The molecule has 1 aromatic carbocycles. The van der Waals surface area contributed by atoms with Crippen molar-refractivity contribution in [3.63, 3.8) is 0 Å². The van der Waals surface area contributed by atoms with E-state index >= 15 is 0 Å². The molecule has 0 saturated heterocycles. The molecule has 0 fully saturated rings. The maximum atomic E-state index is 5.34. The summed E-state index contributed by atoms with van der Waals surface area (Å²) in [5.74, 6) is 0. The second-order valence-electron chi connectivity index (χ2n) is 3.65. The number of rotatable bonds is 6. The molecule has 1 aromatic rings. The second kappa shape index (κ2) is 8.11. The number of hydrogen-bond donors (Lipinski definition) is 1. The molecule has 0 spiro atoms. The molecule has 3 heteroatoms. The number of thiocarbonyl (C=S) groups is 1. The van der Waals surface area contributed by atoms with Crippen molar-refractivity contribution >= 4 is 17.4 Å². The third-order valence-corrected chi connectivity index (χ3v) is 2.52. The molecular formula is C13H19NOS. The third kappa shape index (κ3) is 5.71. The van der Waals surface area contributed by atoms with Crippen LogP contribution in [0.2, 0.25) is 0 Å². The van der Waals surface area contributed by atoms with E-state index < -0.39 is 0 Å². The first-order valence-electron chi connectivity index (χ1n) is 5.77. The lowest BCUT2D eigenvalue weighted by Gasteiger charge is -2.09. The van der Waals surface area contributed by atoms with E-state index in [1.165, 1.54) is 5.56 Å². The molecule has 0 bridgehead atoms. The average molecular weight is 237 g/mol. The molecule has 0 aliphatic rings. The minimum atomic E-state index is 0.518. The summed E-state index contributed by atoms with van der Waals surface area (Å²) in [6.45, 7) is 3.68. The van der Waals surface area contributed by atoms with Crippen LogP contribution in [0.3, 0.4) is 0 Å². The van der Waals surface area contributed by atoms with Gasteiger partial charge in [-0.05, 0) is 30.6 Å². The Morgan fingerprint density at radius 3 is 2.75 bits per heavy atom. The lowest BCUT2D eigenvalue weighted by atomic mass is 10.2.